The summed E-state index contributed by atoms with van der Waals surface area (Å²) in [7, 11) is 1.59. The molecule has 1 rings (SSSR count). The predicted molar refractivity (Wildman–Crippen MR) is 53.6 cm³/mol. The van der Waals surface area contributed by atoms with Gasteiger partial charge in [-0.25, -0.2) is 0 Å². The van der Waals surface area contributed by atoms with Crippen LogP contribution in [0, 0.1) is 0 Å². The molecule has 0 spiro atoms. The maximum atomic E-state index is 11.0. The fraction of sp³-hybridized carbons (Fsp3) is 0.222. The summed E-state index contributed by atoms with van der Waals surface area (Å²) in [6.45, 7) is 0. The number of carbonyl (C=O) groups excluding carboxylic acids is 1. The quantitative estimate of drug-likeness (QED) is 0.702. The van der Waals surface area contributed by atoms with Crippen LogP contribution in [0.5, 0.6) is 0 Å². The molecule has 0 atom stereocenters. The molecule has 0 saturated heterocycles. The topological polar surface area (TPSA) is 55.1 Å². The SMILES string of the molecule is CNC(=O)Cc1cc(N)cc(Cl)c1. The van der Waals surface area contributed by atoms with Crippen molar-refractivity contribution >= 4 is 23.2 Å². The fourth-order valence-electron chi connectivity index (χ4n) is 1.05. The van der Waals surface area contributed by atoms with Crippen LogP contribution in [0.25, 0.3) is 0 Å². The van der Waals surface area contributed by atoms with Crippen molar-refractivity contribution in [1.82, 2.24) is 5.32 Å². The molecule has 0 aliphatic rings. The number of benzene rings is 1. The lowest BCUT2D eigenvalue weighted by Gasteiger charge is -2.02. The molecular weight excluding hydrogens is 188 g/mol. The molecule has 0 bridgehead atoms. The Hall–Kier alpha value is -1.22. The van der Waals surface area contributed by atoms with Gasteiger partial charge in [0.1, 0.15) is 0 Å². The number of hydrogen-bond acceptors (Lipinski definition) is 2. The Bertz CT molecular complexity index is 305. The van der Waals surface area contributed by atoms with Crippen molar-refractivity contribution in [2.24, 2.45) is 0 Å². The van der Waals surface area contributed by atoms with E-state index in [1.165, 1.54) is 0 Å². The second kappa shape index (κ2) is 4.14. The molecule has 0 unspecified atom stereocenters. The number of nitrogens with two attached hydrogens (primary N) is 1. The van der Waals surface area contributed by atoms with E-state index in [2.05, 4.69) is 5.32 Å². The van der Waals surface area contributed by atoms with Gasteiger partial charge in [0.25, 0.3) is 0 Å². The lowest BCUT2D eigenvalue weighted by molar-refractivity contribution is -0.119. The van der Waals surface area contributed by atoms with Crippen molar-refractivity contribution < 1.29 is 4.79 Å². The van der Waals surface area contributed by atoms with Gasteiger partial charge in [0, 0.05) is 17.8 Å². The maximum absolute atomic E-state index is 11.0. The van der Waals surface area contributed by atoms with Crippen LogP contribution >= 0.6 is 11.6 Å². The zero-order valence-electron chi connectivity index (χ0n) is 7.30. The second-order valence-electron chi connectivity index (χ2n) is 2.74. The van der Waals surface area contributed by atoms with E-state index >= 15 is 0 Å². The van der Waals surface area contributed by atoms with Gasteiger partial charge in [0.2, 0.25) is 5.91 Å². The molecule has 0 aromatic heterocycles. The first-order valence-electron chi connectivity index (χ1n) is 3.87. The number of likely N-dealkylation sites (N-methyl/N-ethyl adjacent to an activating group) is 1. The van der Waals surface area contributed by atoms with Crippen molar-refractivity contribution in [1.29, 1.82) is 0 Å². The Morgan fingerprint density at radius 2 is 2.23 bits per heavy atom. The molecule has 0 heterocycles. The summed E-state index contributed by atoms with van der Waals surface area (Å²) in [4.78, 5) is 11.0. The molecule has 3 nitrogen and oxygen atoms in total. The van der Waals surface area contributed by atoms with Gasteiger partial charge in [0.15, 0.2) is 0 Å². The number of carbonyl (C=O) groups is 1. The number of halogens is 1. The van der Waals surface area contributed by atoms with E-state index in [0.29, 0.717) is 17.1 Å². The highest BCUT2D eigenvalue weighted by molar-refractivity contribution is 6.30. The highest BCUT2D eigenvalue weighted by Gasteiger charge is 2.02. The summed E-state index contributed by atoms with van der Waals surface area (Å²) in [5, 5.41) is 3.08. The monoisotopic (exact) mass is 198 g/mol. The molecule has 0 aliphatic carbocycles. The van der Waals surface area contributed by atoms with Crippen LogP contribution in [0.2, 0.25) is 5.02 Å². The third-order valence-electron chi connectivity index (χ3n) is 1.62. The van der Waals surface area contributed by atoms with Gasteiger partial charge in [-0.05, 0) is 23.8 Å². The number of amides is 1. The molecule has 1 aromatic carbocycles. The molecule has 4 heteroatoms. The summed E-state index contributed by atoms with van der Waals surface area (Å²) in [6.07, 6.45) is 0.307. The Morgan fingerprint density at radius 3 is 2.77 bits per heavy atom. The zero-order valence-corrected chi connectivity index (χ0v) is 8.06. The van der Waals surface area contributed by atoms with E-state index in [1.807, 2.05) is 0 Å². The van der Waals surface area contributed by atoms with Crippen LogP contribution in [-0.4, -0.2) is 13.0 Å². The Labute approximate surface area is 81.9 Å². The van der Waals surface area contributed by atoms with E-state index in [-0.39, 0.29) is 5.91 Å². The molecular formula is C9H11ClN2O. The molecule has 13 heavy (non-hydrogen) atoms. The Morgan fingerprint density at radius 1 is 1.54 bits per heavy atom. The molecule has 70 valence electrons. The number of hydrogen-bond donors (Lipinski definition) is 2. The van der Waals surface area contributed by atoms with E-state index < -0.39 is 0 Å². The summed E-state index contributed by atoms with van der Waals surface area (Å²) < 4.78 is 0. The van der Waals surface area contributed by atoms with Crippen molar-refractivity contribution in [3.63, 3.8) is 0 Å². The minimum absolute atomic E-state index is 0.0540. The standard InChI is InChI=1S/C9H11ClN2O/c1-12-9(13)4-6-2-7(10)5-8(11)3-6/h2-3,5H,4,11H2,1H3,(H,12,13). The highest BCUT2D eigenvalue weighted by Crippen LogP contribution is 2.16. The van der Waals surface area contributed by atoms with Crippen LogP contribution in [0.15, 0.2) is 18.2 Å². The van der Waals surface area contributed by atoms with E-state index in [1.54, 1.807) is 25.2 Å². The Kier molecular flexibility index (Phi) is 3.14. The van der Waals surface area contributed by atoms with Crippen LogP contribution < -0.4 is 11.1 Å². The minimum Gasteiger partial charge on any atom is -0.399 e. The molecule has 0 radical (unpaired) electrons. The molecule has 3 N–H and O–H groups in total. The third kappa shape index (κ3) is 2.95. The number of nitrogen functional groups attached to an aromatic ring is 1. The average molecular weight is 199 g/mol. The number of nitrogens with one attached hydrogen (secondary N) is 1. The minimum atomic E-state index is -0.0540. The van der Waals surface area contributed by atoms with E-state index in [9.17, 15) is 4.79 Å². The summed E-state index contributed by atoms with van der Waals surface area (Å²) in [5.41, 5.74) is 6.96. The molecule has 0 aliphatic heterocycles. The van der Waals surface area contributed by atoms with Crippen LogP contribution in [-0.2, 0) is 11.2 Å². The predicted octanol–water partition coefficient (Wildman–Crippen LogP) is 1.21. The highest BCUT2D eigenvalue weighted by atomic mass is 35.5. The van der Waals surface area contributed by atoms with E-state index in [0.717, 1.165) is 5.56 Å². The van der Waals surface area contributed by atoms with Gasteiger partial charge in [-0.2, -0.15) is 0 Å². The molecule has 1 aromatic rings. The summed E-state index contributed by atoms with van der Waals surface area (Å²) in [5.74, 6) is -0.0540. The summed E-state index contributed by atoms with van der Waals surface area (Å²) >= 11 is 5.77. The second-order valence-corrected chi connectivity index (χ2v) is 3.18. The fourth-order valence-corrected chi connectivity index (χ4v) is 1.32. The molecule has 0 fully saturated rings. The van der Waals surface area contributed by atoms with Crippen LogP contribution in [0.1, 0.15) is 5.56 Å². The van der Waals surface area contributed by atoms with E-state index in [4.69, 9.17) is 17.3 Å². The normalized spacial score (nSPS) is 9.69. The smallest absolute Gasteiger partial charge is 0.224 e. The van der Waals surface area contributed by atoms with Gasteiger partial charge in [-0.1, -0.05) is 11.6 Å². The number of rotatable bonds is 2. The first kappa shape index (κ1) is 9.86. The third-order valence-corrected chi connectivity index (χ3v) is 1.84. The first-order valence-corrected chi connectivity index (χ1v) is 4.25. The molecule has 0 saturated carbocycles. The van der Waals surface area contributed by atoms with Gasteiger partial charge in [-0.15, -0.1) is 0 Å². The average Bonchev–Trinajstić information content (AvgIpc) is 2.02. The maximum Gasteiger partial charge on any atom is 0.224 e. The van der Waals surface area contributed by atoms with Crippen molar-refractivity contribution in [2.75, 3.05) is 12.8 Å². The van der Waals surface area contributed by atoms with Crippen molar-refractivity contribution in [3.8, 4) is 0 Å². The Balaban J connectivity index is 2.83. The van der Waals surface area contributed by atoms with Crippen molar-refractivity contribution in [3.05, 3.63) is 28.8 Å². The van der Waals surface area contributed by atoms with Gasteiger partial charge in [0.05, 0.1) is 6.42 Å². The largest absolute Gasteiger partial charge is 0.399 e. The lowest BCUT2D eigenvalue weighted by Crippen LogP contribution is -2.19. The van der Waals surface area contributed by atoms with Gasteiger partial charge < -0.3 is 11.1 Å². The lowest BCUT2D eigenvalue weighted by atomic mass is 10.1. The van der Waals surface area contributed by atoms with Crippen LogP contribution in [0.4, 0.5) is 5.69 Å². The summed E-state index contributed by atoms with van der Waals surface area (Å²) in [6, 6.07) is 5.11. The van der Waals surface area contributed by atoms with Gasteiger partial charge >= 0.3 is 0 Å². The van der Waals surface area contributed by atoms with Gasteiger partial charge in [-0.3, -0.25) is 4.79 Å². The number of anilines is 1. The zero-order chi connectivity index (χ0) is 9.84. The van der Waals surface area contributed by atoms with Crippen LogP contribution in [0.3, 0.4) is 0 Å². The first-order chi connectivity index (χ1) is 6.11. The molecule has 1 amide bonds. The van der Waals surface area contributed by atoms with Crippen molar-refractivity contribution in [2.45, 2.75) is 6.42 Å².